The number of thioether (sulfide) groups is 1. The molecular formula is C19H18N2OS3. The molecule has 1 aliphatic rings. The van der Waals surface area contributed by atoms with Gasteiger partial charge in [-0.25, -0.2) is 4.98 Å². The van der Waals surface area contributed by atoms with Gasteiger partial charge in [0.2, 0.25) is 0 Å². The van der Waals surface area contributed by atoms with Gasteiger partial charge in [0.15, 0.2) is 0 Å². The number of hydrogen-bond donors (Lipinski definition) is 0. The summed E-state index contributed by atoms with van der Waals surface area (Å²) in [5, 5.41) is 4.19. The van der Waals surface area contributed by atoms with Crippen molar-refractivity contribution < 1.29 is 4.79 Å². The second kappa shape index (κ2) is 7.32. The van der Waals surface area contributed by atoms with Gasteiger partial charge in [0, 0.05) is 40.4 Å². The highest BCUT2D eigenvalue weighted by Gasteiger charge is 2.24. The highest BCUT2D eigenvalue weighted by Crippen LogP contribution is 2.29. The average Bonchev–Trinajstić information content (AvgIpc) is 3.27. The van der Waals surface area contributed by atoms with Crippen molar-refractivity contribution in [2.24, 2.45) is 0 Å². The molecule has 2 aromatic heterocycles. The Labute approximate surface area is 159 Å². The molecule has 0 saturated heterocycles. The van der Waals surface area contributed by atoms with Crippen LogP contribution in [0.15, 0.2) is 45.4 Å². The first-order valence-corrected chi connectivity index (χ1v) is 10.9. The smallest absolute Gasteiger partial charge is 0.254 e. The van der Waals surface area contributed by atoms with Gasteiger partial charge in [-0.3, -0.25) is 4.79 Å². The molecule has 25 heavy (non-hydrogen) atoms. The molecule has 1 aliphatic heterocycles. The first-order chi connectivity index (χ1) is 12.2. The van der Waals surface area contributed by atoms with E-state index < -0.39 is 0 Å². The molecule has 6 heteroatoms. The van der Waals surface area contributed by atoms with E-state index in [1.54, 1.807) is 34.4 Å². The third-order valence-corrected chi connectivity index (χ3v) is 7.50. The summed E-state index contributed by atoms with van der Waals surface area (Å²) < 4.78 is 1.06. The Bertz CT molecular complexity index is 899. The standard InChI is InChI=1S/C19H18N2OS3/c1-13-11-24-19(20-13)25-12-15-4-2-3-5-16(15)18(22)21-8-6-17-14(10-21)7-9-23-17/h2-5,7,9,11H,6,8,10,12H2,1H3. The lowest BCUT2D eigenvalue weighted by atomic mass is 10.0. The highest BCUT2D eigenvalue weighted by molar-refractivity contribution is 8.00. The molecule has 3 aromatic rings. The Hall–Kier alpha value is -1.63. The van der Waals surface area contributed by atoms with Crippen LogP contribution in [0.3, 0.4) is 0 Å². The number of amides is 1. The summed E-state index contributed by atoms with van der Waals surface area (Å²) in [6.07, 6.45) is 0.966. The first kappa shape index (κ1) is 16.8. The zero-order valence-corrected chi connectivity index (χ0v) is 16.3. The van der Waals surface area contributed by atoms with Crippen LogP contribution in [-0.4, -0.2) is 22.3 Å². The first-order valence-electron chi connectivity index (χ1n) is 8.18. The molecule has 0 saturated carbocycles. The third-order valence-electron chi connectivity index (χ3n) is 4.29. The Morgan fingerprint density at radius 2 is 2.16 bits per heavy atom. The molecule has 128 valence electrons. The molecule has 1 aromatic carbocycles. The normalized spacial score (nSPS) is 13.7. The fourth-order valence-electron chi connectivity index (χ4n) is 2.99. The van der Waals surface area contributed by atoms with E-state index >= 15 is 0 Å². The number of carbonyl (C=O) groups excluding carboxylic acids is 1. The maximum atomic E-state index is 13.1. The zero-order chi connectivity index (χ0) is 17.2. The highest BCUT2D eigenvalue weighted by atomic mass is 32.2. The lowest BCUT2D eigenvalue weighted by molar-refractivity contribution is 0.0735. The van der Waals surface area contributed by atoms with E-state index in [2.05, 4.69) is 27.9 Å². The lowest BCUT2D eigenvalue weighted by Crippen LogP contribution is -2.35. The number of aromatic nitrogens is 1. The molecule has 1 amide bonds. The van der Waals surface area contributed by atoms with Crippen molar-refractivity contribution in [3.8, 4) is 0 Å². The summed E-state index contributed by atoms with van der Waals surface area (Å²) in [5.74, 6) is 0.912. The number of thiazole rings is 1. The topological polar surface area (TPSA) is 33.2 Å². The van der Waals surface area contributed by atoms with Crippen LogP contribution >= 0.6 is 34.4 Å². The van der Waals surface area contributed by atoms with Crippen molar-refractivity contribution in [1.29, 1.82) is 0 Å². The van der Waals surface area contributed by atoms with Crippen molar-refractivity contribution in [3.05, 3.63) is 68.4 Å². The van der Waals surface area contributed by atoms with Gasteiger partial charge >= 0.3 is 0 Å². The van der Waals surface area contributed by atoms with Gasteiger partial charge < -0.3 is 4.90 Å². The Kier molecular flexibility index (Phi) is 4.92. The van der Waals surface area contributed by atoms with E-state index in [0.29, 0.717) is 0 Å². The number of thiophene rings is 1. The number of carbonyl (C=O) groups is 1. The van der Waals surface area contributed by atoms with E-state index in [4.69, 9.17) is 0 Å². The van der Waals surface area contributed by atoms with Gasteiger partial charge in [0.05, 0.1) is 0 Å². The van der Waals surface area contributed by atoms with E-state index in [-0.39, 0.29) is 5.91 Å². The molecule has 3 heterocycles. The fourth-order valence-corrected chi connectivity index (χ4v) is 5.73. The third kappa shape index (κ3) is 3.66. The number of fused-ring (bicyclic) bond motifs is 1. The molecule has 0 spiro atoms. The van der Waals surface area contributed by atoms with Gasteiger partial charge in [-0.05, 0) is 42.0 Å². The minimum Gasteiger partial charge on any atom is -0.334 e. The number of nitrogens with zero attached hydrogens (tertiary/aromatic N) is 2. The van der Waals surface area contributed by atoms with Crippen molar-refractivity contribution in [3.63, 3.8) is 0 Å². The molecule has 3 nitrogen and oxygen atoms in total. The van der Waals surface area contributed by atoms with Gasteiger partial charge in [-0.15, -0.1) is 22.7 Å². The van der Waals surface area contributed by atoms with Gasteiger partial charge in [-0.2, -0.15) is 0 Å². The average molecular weight is 387 g/mol. The van der Waals surface area contributed by atoms with Crippen LogP contribution in [0, 0.1) is 6.92 Å². The van der Waals surface area contributed by atoms with Crippen molar-refractivity contribution in [2.75, 3.05) is 6.54 Å². The maximum absolute atomic E-state index is 13.1. The van der Waals surface area contributed by atoms with Crippen LogP contribution < -0.4 is 0 Å². The summed E-state index contributed by atoms with van der Waals surface area (Å²) in [7, 11) is 0. The molecular weight excluding hydrogens is 368 g/mol. The van der Waals surface area contributed by atoms with E-state index in [1.165, 1.54) is 10.4 Å². The summed E-state index contributed by atoms with van der Waals surface area (Å²) in [6, 6.07) is 10.1. The summed E-state index contributed by atoms with van der Waals surface area (Å²) >= 11 is 5.16. The van der Waals surface area contributed by atoms with Crippen LogP contribution in [-0.2, 0) is 18.7 Å². The Morgan fingerprint density at radius 3 is 3.00 bits per heavy atom. The van der Waals surface area contributed by atoms with Crippen LogP contribution in [0.2, 0.25) is 0 Å². The van der Waals surface area contributed by atoms with Crippen LogP contribution in [0.4, 0.5) is 0 Å². The van der Waals surface area contributed by atoms with Crippen molar-refractivity contribution in [1.82, 2.24) is 9.88 Å². The van der Waals surface area contributed by atoms with E-state index in [1.807, 2.05) is 30.0 Å². The van der Waals surface area contributed by atoms with Gasteiger partial charge in [0.1, 0.15) is 4.34 Å². The van der Waals surface area contributed by atoms with E-state index in [0.717, 1.165) is 46.4 Å². The monoisotopic (exact) mass is 386 g/mol. The molecule has 0 aliphatic carbocycles. The molecule has 0 bridgehead atoms. The number of aryl methyl sites for hydroxylation is 1. The molecule has 0 unspecified atom stereocenters. The minimum atomic E-state index is 0.142. The predicted octanol–water partition coefficient (Wildman–Crippen LogP) is 5.00. The molecule has 4 rings (SSSR count). The number of benzene rings is 1. The molecule has 0 radical (unpaired) electrons. The summed E-state index contributed by atoms with van der Waals surface area (Å²) in [4.78, 5) is 21.0. The van der Waals surface area contributed by atoms with Crippen LogP contribution in [0.1, 0.15) is 32.1 Å². The second-order valence-corrected chi connectivity index (χ2v) is 9.13. The fraction of sp³-hybridized carbons (Fsp3) is 0.263. The van der Waals surface area contributed by atoms with Gasteiger partial charge in [-0.1, -0.05) is 30.0 Å². The van der Waals surface area contributed by atoms with Crippen LogP contribution in [0.25, 0.3) is 0 Å². The lowest BCUT2D eigenvalue weighted by Gasteiger charge is -2.27. The van der Waals surface area contributed by atoms with Crippen molar-refractivity contribution in [2.45, 2.75) is 30.0 Å². The second-order valence-electron chi connectivity index (χ2n) is 6.05. The van der Waals surface area contributed by atoms with Crippen LogP contribution in [0.5, 0.6) is 0 Å². The quantitative estimate of drug-likeness (QED) is 0.591. The maximum Gasteiger partial charge on any atom is 0.254 e. The molecule has 0 N–H and O–H groups in total. The van der Waals surface area contributed by atoms with Crippen molar-refractivity contribution >= 4 is 40.3 Å². The zero-order valence-electron chi connectivity index (χ0n) is 13.9. The minimum absolute atomic E-state index is 0.142. The molecule has 0 atom stereocenters. The predicted molar refractivity (Wildman–Crippen MR) is 106 cm³/mol. The summed E-state index contributed by atoms with van der Waals surface area (Å²) in [6.45, 7) is 3.54. The largest absolute Gasteiger partial charge is 0.334 e. The SMILES string of the molecule is Cc1csc(SCc2ccccc2C(=O)N2CCc3sccc3C2)n1. The number of hydrogen-bond acceptors (Lipinski definition) is 5. The Balaban J connectivity index is 1.51. The van der Waals surface area contributed by atoms with E-state index in [9.17, 15) is 4.79 Å². The number of rotatable bonds is 4. The summed E-state index contributed by atoms with van der Waals surface area (Å²) in [5.41, 5.74) is 4.26. The Morgan fingerprint density at radius 1 is 1.28 bits per heavy atom. The molecule has 0 fully saturated rings. The van der Waals surface area contributed by atoms with Gasteiger partial charge in [0.25, 0.3) is 5.91 Å².